The largest absolute Gasteiger partial charge is 0.380 e. The Hall–Kier alpha value is -1.79. The molecular formula is C14H14N2S. The van der Waals surface area contributed by atoms with Gasteiger partial charge in [-0.3, -0.25) is 0 Å². The topological polar surface area (TPSA) is 35.8 Å². The molecule has 17 heavy (non-hydrogen) atoms. The summed E-state index contributed by atoms with van der Waals surface area (Å²) in [5, 5.41) is 14.0. The van der Waals surface area contributed by atoms with Crippen LogP contribution in [0.2, 0.25) is 0 Å². The molecule has 0 spiro atoms. The van der Waals surface area contributed by atoms with Crippen LogP contribution in [-0.4, -0.2) is 0 Å². The van der Waals surface area contributed by atoms with E-state index in [9.17, 15) is 0 Å². The number of anilines is 1. The number of nitrogens with zero attached hydrogens (tertiary/aromatic N) is 1. The minimum absolute atomic E-state index is 0.743. The van der Waals surface area contributed by atoms with Crippen LogP contribution in [0.15, 0.2) is 29.6 Å². The molecule has 2 rings (SSSR count). The maximum absolute atomic E-state index is 8.75. The summed E-state index contributed by atoms with van der Waals surface area (Å²) < 4.78 is 0. The zero-order valence-electron chi connectivity index (χ0n) is 9.95. The molecule has 0 radical (unpaired) electrons. The first-order chi connectivity index (χ1) is 8.17. The van der Waals surface area contributed by atoms with Gasteiger partial charge in [0.2, 0.25) is 0 Å². The second-order valence-corrected chi connectivity index (χ2v) is 5.14. The third-order valence-electron chi connectivity index (χ3n) is 2.47. The molecule has 2 nitrogen and oxygen atoms in total. The highest BCUT2D eigenvalue weighted by Crippen LogP contribution is 2.18. The van der Waals surface area contributed by atoms with Gasteiger partial charge in [0.1, 0.15) is 6.07 Å². The van der Waals surface area contributed by atoms with Gasteiger partial charge in [-0.25, -0.2) is 0 Å². The first-order valence-corrected chi connectivity index (χ1v) is 6.35. The van der Waals surface area contributed by atoms with E-state index in [-0.39, 0.29) is 0 Å². The summed E-state index contributed by atoms with van der Waals surface area (Å²) in [7, 11) is 0. The van der Waals surface area contributed by atoms with Crippen LogP contribution in [-0.2, 0) is 6.54 Å². The van der Waals surface area contributed by atoms with Crippen molar-refractivity contribution in [2.24, 2.45) is 0 Å². The molecule has 0 saturated carbocycles. The average Bonchev–Trinajstić information content (AvgIpc) is 2.73. The molecule has 1 aromatic carbocycles. The number of benzene rings is 1. The second-order valence-electron chi connectivity index (χ2n) is 4.14. The SMILES string of the molecule is Cc1cc(C)cc(NCc2cc(C#N)cs2)c1. The monoisotopic (exact) mass is 242 g/mol. The molecule has 0 atom stereocenters. The van der Waals surface area contributed by atoms with Crippen LogP contribution < -0.4 is 5.32 Å². The molecule has 0 aliphatic carbocycles. The van der Waals surface area contributed by atoms with Crippen LogP contribution >= 0.6 is 11.3 Å². The van der Waals surface area contributed by atoms with Gasteiger partial charge in [-0.15, -0.1) is 11.3 Å². The van der Waals surface area contributed by atoms with E-state index < -0.39 is 0 Å². The van der Waals surface area contributed by atoms with E-state index >= 15 is 0 Å². The summed E-state index contributed by atoms with van der Waals surface area (Å²) in [6.07, 6.45) is 0. The molecule has 1 aromatic heterocycles. The highest BCUT2D eigenvalue weighted by molar-refractivity contribution is 7.10. The molecular weight excluding hydrogens is 228 g/mol. The number of hydrogen-bond acceptors (Lipinski definition) is 3. The Labute approximate surface area is 106 Å². The van der Waals surface area contributed by atoms with Crippen molar-refractivity contribution in [2.75, 3.05) is 5.32 Å². The van der Waals surface area contributed by atoms with Crippen LogP contribution in [0.5, 0.6) is 0 Å². The van der Waals surface area contributed by atoms with Gasteiger partial charge in [-0.2, -0.15) is 5.26 Å². The zero-order valence-corrected chi connectivity index (χ0v) is 10.8. The minimum atomic E-state index is 0.743. The van der Waals surface area contributed by atoms with Crippen molar-refractivity contribution in [1.29, 1.82) is 5.26 Å². The van der Waals surface area contributed by atoms with E-state index in [2.05, 4.69) is 43.4 Å². The first kappa shape index (κ1) is 11.7. The van der Waals surface area contributed by atoms with Gasteiger partial charge in [-0.05, 0) is 43.2 Å². The molecule has 2 aromatic rings. The van der Waals surface area contributed by atoms with Gasteiger partial charge in [0.05, 0.1) is 5.56 Å². The molecule has 0 aliphatic rings. The van der Waals surface area contributed by atoms with Gasteiger partial charge in [0.25, 0.3) is 0 Å². The fraction of sp³-hybridized carbons (Fsp3) is 0.214. The fourth-order valence-electron chi connectivity index (χ4n) is 1.80. The normalized spacial score (nSPS) is 9.94. The Kier molecular flexibility index (Phi) is 3.46. The molecule has 3 heteroatoms. The molecule has 0 bridgehead atoms. The summed E-state index contributed by atoms with van der Waals surface area (Å²) in [6.45, 7) is 4.96. The predicted octanol–water partition coefficient (Wildman–Crippen LogP) is 3.85. The number of rotatable bonds is 3. The van der Waals surface area contributed by atoms with Crippen LogP contribution in [0, 0.1) is 25.2 Å². The van der Waals surface area contributed by atoms with E-state index in [1.54, 1.807) is 11.3 Å². The van der Waals surface area contributed by atoms with Crippen LogP contribution in [0.3, 0.4) is 0 Å². The van der Waals surface area contributed by atoms with Crippen molar-refractivity contribution < 1.29 is 0 Å². The van der Waals surface area contributed by atoms with Crippen molar-refractivity contribution >= 4 is 17.0 Å². The third-order valence-corrected chi connectivity index (χ3v) is 3.41. The number of nitrogens with one attached hydrogen (secondary N) is 1. The molecule has 0 amide bonds. The summed E-state index contributed by atoms with van der Waals surface area (Å²) in [5.74, 6) is 0. The summed E-state index contributed by atoms with van der Waals surface area (Å²) in [4.78, 5) is 1.18. The Bertz CT molecular complexity index is 544. The van der Waals surface area contributed by atoms with E-state index in [4.69, 9.17) is 5.26 Å². The van der Waals surface area contributed by atoms with Crippen LogP contribution in [0.25, 0.3) is 0 Å². The zero-order chi connectivity index (χ0) is 12.3. The quantitative estimate of drug-likeness (QED) is 0.887. The molecule has 86 valence electrons. The van der Waals surface area contributed by atoms with Crippen LogP contribution in [0.1, 0.15) is 21.6 Å². The molecule has 1 N–H and O–H groups in total. The van der Waals surface area contributed by atoms with Crippen molar-refractivity contribution in [3.63, 3.8) is 0 Å². The minimum Gasteiger partial charge on any atom is -0.380 e. The summed E-state index contributed by atoms with van der Waals surface area (Å²) in [5.41, 5.74) is 4.40. The summed E-state index contributed by atoms with van der Waals surface area (Å²) >= 11 is 1.62. The van der Waals surface area contributed by atoms with Crippen molar-refractivity contribution in [2.45, 2.75) is 20.4 Å². The van der Waals surface area contributed by atoms with Gasteiger partial charge >= 0.3 is 0 Å². The van der Waals surface area contributed by atoms with E-state index in [0.717, 1.165) is 17.8 Å². The van der Waals surface area contributed by atoms with Crippen molar-refractivity contribution in [3.05, 3.63) is 51.2 Å². The number of aryl methyl sites for hydroxylation is 2. The first-order valence-electron chi connectivity index (χ1n) is 5.47. The van der Waals surface area contributed by atoms with Gasteiger partial charge in [-0.1, -0.05) is 6.07 Å². The molecule has 0 aliphatic heterocycles. The highest BCUT2D eigenvalue weighted by Gasteiger charge is 2.00. The molecule has 0 saturated heterocycles. The van der Waals surface area contributed by atoms with E-state index in [1.807, 2.05) is 11.4 Å². The maximum Gasteiger partial charge on any atom is 0.100 e. The average molecular weight is 242 g/mol. The van der Waals surface area contributed by atoms with E-state index in [0.29, 0.717) is 0 Å². The lowest BCUT2D eigenvalue weighted by Gasteiger charge is -2.07. The third kappa shape index (κ3) is 3.08. The number of thiophene rings is 1. The Balaban J connectivity index is 2.04. The van der Waals surface area contributed by atoms with E-state index in [1.165, 1.54) is 16.0 Å². The lowest BCUT2D eigenvalue weighted by atomic mass is 10.1. The smallest absolute Gasteiger partial charge is 0.100 e. The van der Waals surface area contributed by atoms with Gasteiger partial charge in [0.15, 0.2) is 0 Å². The van der Waals surface area contributed by atoms with Gasteiger partial charge in [0, 0.05) is 22.5 Å². The highest BCUT2D eigenvalue weighted by atomic mass is 32.1. The standard InChI is InChI=1S/C14H14N2S/c1-10-3-11(2)5-13(4-10)16-8-14-6-12(7-15)9-17-14/h3-6,9,16H,8H2,1-2H3. The van der Waals surface area contributed by atoms with Crippen LogP contribution in [0.4, 0.5) is 5.69 Å². The predicted molar refractivity (Wildman–Crippen MR) is 72.3 cm³/mol. The molecule has 1 heterocycles. The number of nitriles is 1. The molecule has 0 fully saturated rings. The second kappa shape index (κ2) is 5.03. The lowest BCUT2D eigenvalue weighted by molar-refractivity contribution is 1.18. The lowest BCUT2D eigenvalue weighted by Crippen LogP contribution is -1.98. The maximum atomic E-state index is 8.75. The van der Waals surface area contributed by atoms with Gasteiger partial charge < -0.3 is 5.32 Å². The fourth-order valence-corrected chi connectivity index (χ4v) is 2.55. The van der Waals surface area contributed by atoms with Crippen molar-refractivity contribution in [3.8, 4) is 6.07 Å². The Morgan fingerprint density at radius 2 is 1.88 bits per heavy atom. The Morgan fingerprint density at radius 1 is 1.18 bits per heavy atom. The number of hydrogen-bond donors (Lipinski definition) is 1. The van der Waals surface area contributed by atoms with Crippen molar-refractivity contribution in [1.82, 2.24) is 0 Å². The Morgan fingerprint density at radius 3 is 2.47 bits per heavy atom. The molecule has 0 unspecified atom stereocenters. The summed E-state index contributed by atoms with van der Waals surface area (Å²) in [6, 6.07) is 10.5.